The second-order valence-corrected chi connectivity index (χ2v) is 2.39. The third-order valence-corrected chi connectivity index (χ3v) is 1.54. The second-order valence-electron chi connectivity index (χ2n) is 2.12. The molecular weight excluding hydrogens is 252 g/mol. The van der Waals surface area contributed by atoms with Crippen molar-refractivity contribution in [1.29, 1.82) is 0 Å². The Balaban J connectivity index is 0.000001000. The fraction of sp³-hybridized carbons (Fsp3) is 0.250. The topological polar surface area (TPSA) is 12.0 Å². The molecule has 0 radical (unpaired) electrons. The zero-order valence-electron chi connectivity index (χ0n) is 6.00. The van der Waals surface area contributed by atoms with Crippen LogP contribution in [0.15, 0.2) is 30.3 Å². The third kappa shape index (κ3) is 4.55. The number of benzene rings is 1. The van der Waals surface area contributed by atoms with Gasteiger partial charge in [-0.1, -0.05) is 30.3 Å². The summed E-state index contributed by atoms with van der Waals surface area (Å²) in [6.07, 6.45) is 0.990. The van der Waals surface area contributed by atoms with Crippen molar-refractivity contribution in [2.24, 2.45) is 0 Å². The number of nitrogens with one attached hydrogen (secondary N) is 1. The molecule has 1 aromatic carbocycles. The molecule has 0 aliphatic carbocycles. The standard InChI is InChI=1S/C8H10ClN.Pd/c9-10-7-6-8-4-2-1-3-5-8;/h1-5,10H,6-7H2;. The van der Waals surface area contributed by atoms with Crippen LogP contribution in [0.1, 0.15) is 5.56 Å². The van der Waals surface area contributed by atoms with Crippen LogP contribution in [-0.4, -0.2) is 6.54 Å². The van der Waals surface area contributed by atoms with Gasteiger partial charge >= 0.3 is 0 Å². The molecule has 0 amide bonds. The van der Waals surface area contributed by atoms with E-state index in [9.17, 15) is 0 Å². The maximum Gasteiger partial charge on any atom is 0.0148 e. The summed E-state index contributed by atoms with van der Waals surface area (Å²) < 4.78 is 0. The summed E-state index contributed by atoms with van der Waals surface area (Å²) >= 11 is 5.30. The first-order valence-electron chi connectivity index (χ1n) is 3.31. The van der Waals surface area contributed by atoms with E-state index in [1.807, 2.05) is 18.2 Å². The van der Waals surface area contributed by atoms with Crippen molar-refractivity contribution in [1.82, 2.24) is 4.84 Å². The zero-order chi connectivity index (χ0) is 7.23. The average molecular weight is 262 g/mol. The molecule has 0 saturated carbocycles. The fourth-order valence-electron chi connectivity index (χ4n) is 0.836. The minimum absolute atomic E-state index is 0. The molecule has 0 fully saturated rings. The van der Waals surface area contributed by atoms with Gasteiger partial charge in [0.15, 0.2) is 0 Å². The van der Waals surface area contributed by atoms with Gasteiger partial charge in [0.2, 0.25) is 0 Å². The smallest absolute Gasteiger partial charge is 0.0148 e. The molecule has 1 rings (SSSR count). The number of rotatable bonds is 3. The first-order valence-corrected chi connectivity index (χ1v) is 3.68. The summed E-state index contributed by atoms with van der Waals surface area (Å²) in [5, 5.41) is 0. The summed E-state index contributed by atoms with van der Waals surface area (Å²) in [4.78, 5) is 2.59. The first-order chi connectivity index (χ1) is 4.93. The number of hydrogen-bond donors (Lipinski definition) is 1. The normalized spacial score (nSPS) is 8.82. The molecule has 0 aliphatic heterocycles. The maximum atomic E-state index is 5.30. The van der Waals surface area contributed by atoms with Crippen LogP contribution >= 0.6 is 11.8 Å². The molecule has 0 aliphatic rings. The molecule has 0 bridgehead atoms. The van der Waals surface area contributed by atoms with E-state index >= 15 is 0 Å². The number of hydrogen-bond acceptors (Lipinski definition) is 1. The van der Waals surface area contributed by atoms with Gasteiger partial charge in [0.1, 0.15) is 0 Å². The predicted molar refractivity (Wildman–Crippen MR) is 44.0 cm³/mol. The molecule has 0 aromatic heterocycles. The second kappa shape index (κ2) is 6.82. The van der Waals surface area contributed by atoms with Crippen LogP contribution in [-0.2, 0) is 26.8 Å². The zero-order valence-corrected chi connectivity index (χ0v) is 8.31. The Labute approximate surface area is 85.9 Å². The van der Waals surface area contributed by atoms with Crippen LogP contribution < -0.4 is 4.84 Å². The molecule has 3 heteroatoms. The van der Waals surface area contributed by atoms with Crippen molar-refractivity contribution in [2.45, 2.75) is 6.42 Å². The molecule has 1 aromatic rings. The van der Waals surface area contributed by atoms with E-state index in [1.54, 1.807) is 0 Å². The van der Waals surface area contributed by atoms with Gasteiger partial charge in [-0.2, -0.15) is 0 Å². The van der Waals surface area contributed by atoms with E-state index in [0.717, 1.165) is 13.0 Å². The third-order valence-electron chi connectivity index (χ3n) is 1.35. The molecule has 64 valence electrons. The van der Waals surface area contributed by atoms with Crippen molar-refractivity contribution >= 4 is 11.8 Å². The van der Waals surface area contributed by atoms with E-state index < -0.39 is 0 Å². The van der Waals surface area contributed by atoms with E-state index in [1.165, 1.54) is 5.56 Å². The Morgan fingerprint density at radius 3 is 2.36 bits per heavy atom. The molecule has 0 heterocycles. The van der Waals surface area contributed by atoms with E-state index in [2.05, 4.69) is 17.0 Å². The molecule has 11 heavy (non-hydrogen) atoms. The summed E-state index contributed by atoms with van der Waals surface area (Å²) in [7, 11) is 0. The molecular formula is C8H10ClNPd. The quantitative estimate of drug-likeness (QED) is 0.648. The average Bonchev–Trinajstić information content (AvgIpc) is 2.03. The van der Waals surface area contributed by atoms with Crippen LogP contribution in [0.3, 0.4) is 0 Å². The Kier molecular flexibility index (Phi) is 6.90. The van der Waals surface area contributed by atoms with Gasteiger partial charge in [-0.25, -0.2) is 4.84 Å². The Bertz CT molecular complexity index is 179. The van der Waals surface area contributed by atoms with Crippen molar-refractivity contribution in [3.8, 4) is 0 Å². The minimum Gasteiger partial charge on any atom is -0.233 e. The molecule has 0 spiro atoms. The molecule has 0 atom stereocenters. The predicted octanol–water partition coefficient (Wildman–Crippen LogP) is 1.97. The van der Waals surface area contributed by atoms with Crippen molar-refractivity contribution in [3.05, 3.63) is 35.9 Å². The van der Waals surface area contributed by atoms with Crippen molar-refractivity contribution < 1.29 is 20.4 Å². The van der Waals surface area contributed by atoms with Gasteiger partial charge in [0.25, 0.3) is 0 Å². The van der Waals surface area contributed by atoms with E-state index in [4.69, 9.17) is 11.8 Å². The van der Waals surface area contributed by atoms with Crippen molar-refractivity contribution in [2.75, 3.05) is 6.54 Å². The molecule has 0 saturated heterocycles. The van der Waals surface area contributed by atoms with Crippen LogP contribution in [0.2, 0.25) is 0 Å². The molecule has 1 N–H and O–H groups in total. The van der Waals surface area contributed by atoms with Gasteiger partial charge in [-0.3, -0.25) is 0 Å². The van der Waals surface area contributed by atoms with E-state index in [-0.39, 0.29) is 20.4 Å². The Morgan fingerprint density at radius 2 is 1.82 bits per heavy atom. The van der Waals surface area contributed by atoms with Crippen LogP contribution in [0.5, 0.6) is 0 Å². The van der Waals surface area contributed by atoms with Crippen LogP contribution in [0.4, 0.5) is 0 Å². The van der Waals surface area contributed by atoms with Crippen LogP contribution in [0, 0.1) is 0 Å². The fourth-order valence-corrected chi connectivity index (χ4v) is 0.931. The number of halogens is 1. The first kappa shape index (κ1) is 11.1. The minimum atomic E-state index is 0. The largest absolute Gasteiger partial charge is 0.233 e. The SMILES string of the molecule is ClNCCc1ccccc1.[Pd]. The van der Waals surface area contributed by atoms with Crippen molar-refractivity contribution in [3.63, 3.8) is 0 Å². The van der Waals surface area contributed by atoms with Gasteiger partial charge in [0.05, 0.1) is 0 Å². The molecule has 1 nitrogen and oxygen atoms in total. The van der Waals surface area contributed by atoms with Gasteiger partial charge in [-0.15, -0.1) is 0 Å². The maximum absolute atomic E-state index is 5.30. The Hall–Kier alpha value is 0.132. The monoisotopic (exact) mass is 261 g/mol. The van der Waals surface area contributed by atoms with Gasteiger partial charge in [0, 0.05) is 27.0 Å². The summed E-state index contributed by atoms with van der Waals surface area (Å²) in [6, 6.07) is 10.3. The summed E-state index contributed by atoms with van der Waals surface area (Å²) in [5.41, 5.74) is 1.32. The summed E-state index contributed by atoms with van der Waals surface area (Å²) in [6.45, 7) is 0.825. The van der Waals surface area contributed by atoms with Gasteiger partial charge < -0.3 is 0 Å². The molecule has 0 unspecified atom stereocenters. The van der Waals surface area contributed by atoms with Crippen LogP contribution in [0.25, 0.3) is 0 Å². The Morgan fingerprint density at radius 1 is 1.18 bits per heavy atom. The summed E-state index contributed by atoms with van der Waals surface area (Å²) in [5.74, 6) is 0. The van der Waals surface area contributed by atoms with E-state index in [0.29, 0.717) is 0 Å². The van der Waals surface area contributed by atoms with Gasteiger partial charge in [-0.05, 0) is 23.8 Å².